The van der Waals surface area contributed by atoms with Crippen LogP contribution in [0, 0.1) is 0 Å². The van der Waals surface area contributed by atoms with E-state index in [1.807, 2.05) is 0 Å². The Morgan fingerprint density at radius 1 is 1.40 bits per heavy atom. The first-order valence-corrected chi connectivity index (χ1v) is 4.09. The summed E-state index contributed by atoms with van der Waals surface area (Å²) in [5.74, 6) is -1.01. The minimum atomic E-state index is -0.732. The quantitative estimate of drug-likeness (QED) is 0.595. The van der Waals surface area contributed by atoms with Crippen LogP contribution in [0.5, 0.6) is 11.5 Å². The normalized spacial score (nSPS) is 9.47. The van der Waals surface area contributed by atoms with Gasteiger partial charge in [0, 0.05) is 5.56 Å². The van der Waals surface area contributed by atoms with Crippen LogP contribution in [-0.4, -0.2) is 31.6 Å². The van der Waals surface area contributed by atoms with Gasteiger partial charge in [0.05, 0.1) is 14.2 Å². The summed E-state index contributed by atoms with van der Waals surface area (Å²) >= 11 is 0. The summed E-state index contributed by atoms with van der Waals surface area (Å²) in [7, 11) is 2.47. The average Bonchev–Trinajstić information content (AvgIpc) is 2.27. The monoisotopic (exact) mass is 210 g/mol. The van der Waals surface area contributed by atoms with E-state index in [0.717, 1.165) is 0 Å². The van der Waals surface area contributed by atoms with Gasteiger partial charge in [0.25, 0.3) is 0 Å². The molecule has 0 fully saturated rings. The lowest BCUT2D eigenvalue weighted by atomic mass is 10.1. The van der Waals surface area contributed by atoms with Crippen LogP contribution >= 0.6 is 0 Å². The van der Waals surface area contributed by atoms with E-state index >= 15 is 0 Å². The SMILES string of the molecule is COC(=O)c1c(C=O)ccc(O)c1OC. The van der Waals surface area contributed by atoms with Crippen molar-refractivity contribution in [2.45, 2.75) is 0 Å². The molecule has 0 saturated heterocycles. The Bertz CT molecular complexity index is 397. The van der Waals surface area contributed by atoms with Crippen molar-refractivity contribution in [2.75, 3.05) is 14.2 Å². The predicted molar refractivity (Wildman–Crippen MR) is 51.4 cm³/mol. The van der Waals surface area contributed by atoms with E-state index in [2.05, 4.69) is 4.74 Å². The fourth-order valence-electron chi connectivity index (χ4n) is 1.20. The molecule has 1 aromatic carbocycles. The van der Waals surface area contributed by atoms with Crippen LogP contribution in [0.1, 0.15) is 20.7 Å². The van der Waals surface area contributed by atoms with E-state index in [9.17, 15) is 14.7 Å². The van der Waals surface area contributed by atoms with Gasteiger partial charge < -0.3 is 14.6 Å². The zero-order valence-corrected chi connectivity index (χ0v) is 8.31. The lowest BCUT2D eigenvalue weighted by Gasteiger charge is -2.10. The number of hydrogen-bond acceptors (Lipinski definition) is 5. The van der Waals surface area contributed by atoms with Gasteiger partial charge in [-0.2, -0.15) is 0 Å². The number of esters is 1. The minimum Gasteiger partial charge on any atom is -0.504 e. The number of phenolic OH excluding ortho intramolecular Hbond substituents is 1. The van der Waals surface area contributed by atoms with Gasteiger partial charge in [0.2, 0.25) is 0 Å². The molecule has 1 rings (SSSR count). The molecule has 0 saturated carbocycles. The summed E-state index contributed by atoms with van der Waals surface area (Å²) in [6.45, 7) is 0. The number of aldehydes is 1. The van der Waals surface area contributed by atoms with E-state index in [0.29, 0.717) is 6.29 Å². The molecule has 0 radical (unpaired) electrons. The molecule has 0 unspecified atom stereocenters. The van der Waals surface area contributed by atoms with Crippen molar-refractivity contribution < 1.29 is 24.2 Å². The van der Waals surface area contributed by atoms with Gasteiger partial charge in [0.15, 0.2) is 17.8 Å². The second-order valence-corrected chi connectivity index (χ2v) is 2.69. The molecule has 15 heavy (non-hydrogen) atoms. The first-order valence-electron chi connectivity index (χ1n) is 4.09. The van der Waals surface area contributed by atoms with Crippen molar-refractivity contribution in [3.63, 3.8) is 0 Å². The lowest BCUT2D eigenvalue weighted by Crippen LogP contribution is -2.08. The molecule has 0 amide bonds. The highest BCUT2D eigenvalue weighted by atomic mass is 16.5. The number of aromatic hydroxyl groups is 1. The summed E-state index contributed by atoms with van der Waals surface area (Å²) < 4.78 is 9.32. The van der Waals surface area contributed by atoms with Crippen LogP contribution in [-0.2, 0) is 4.74 Å². The van der Waals surface area contributed by atoms with Crippen LogP contribution in [0.15, 0.2) is 12.1 Å². The Hall–Kier alpha value is -2.04. The molecule has 80 valence electrons. The van der Waals surface area contributed by atoms with Crippen LogP contribution < -0.4 is 4.74 Å². The number of phenols is 1. The van der Waals surface area contributed by atoms with Crippen molar-refractivity contribution >= 4 is 12.3 Å². The molecular weight excluding hydrogens is 200 g/mol. The number of benzene rings is 1. The first kappa shape index (κ1) is 11.0. The van der Waals surface area contributed by atoms with Crippen LogP contribution in [0.3, 0.4) is 0 Å². The molecule has 0 aliphatic carbocycles. The summed E-state index contributed by atoms with van der Waals surface area (Å²) in [5.41, 5.74) is 0.0338. The maximum atomic E-state index is 11.4. The largest absolute Gasteiger partial charge is 0.504 e. The maximum absolute atomic E-state index is 11.4. The molecule has 0 spiro atoms. The van der Waals surface area contributed by atoms with Crippen LogP contribution in [0.25, 0.3) is 0 Å². The zero-order valence-electron chi connectivity index (χ0n) is 8.31. The van der Waals surface area contributed by atoms with E-state index in [1.165, 1.54) is 26.4 Å². The molecule has 0 heterocycles. The second-order valence-electron chi connectivity index (χ2n) is 2.69. The van der Waals surface area contributed by atoms with Crippen molar-refractivity contribution in [3.8, 4) is 11.5 Å². The molecule has 5 heteroatoms. The number of rotatable bonds is 3. The Morgan fingerprint density at radius 2 is 2.07 bits per heavy atom. The molecular formula is C10H10O5. The third-order valence-corrected chi connectivity index (χ3v) is 1.89. The van der Waals surface area contributed by atoms with Gasteiger partial charge in [-0.1, -0.05) is 0 Å². The highest BCUT2D eigenvalue weighted by molar-refractivity contribution is 6.01. The first-order chi connectivity index (χ1) is 7.15. The Morgan fingerprint density at radius 3 is 2.53 bits per heavy atom. The predicted octanol–water partition coefficient (Wildman–Crippen LogP) is 1.000. The Balaban J connectivity index is 3.46. The van der Waals surface area contributed by atoms with E-state index in [4.69, 9.17) is 4.74 Å². The van der Waals surface area contributed by atoms with Crippen LogP contribution in [0.2, 0.25) is 0 Å². The summed E-state index contributed by atoms with van der Waals surface area (Å²) in [4.78, 5) is 22.0. The fraction of sp³-hybridized carbons (Fsp3) is 0.200. The second kappa shape index (κ2) is 4.45. The standard InChI is InChI=1S/C10H10O5/c1-14-9-7(12)4-3-6(5-11)8(9)10(13)15-2/h3-5,12H,1-2H3. The molecule has 0 aromatic heterocycles. The third-order valence-electron chi connectivity index (χ3n) is 1.89. The smallest absolute Gasteiger partial charge is 0.342 e. The molecule has 5 nitrogen and oxygen atoms in total. The molecule has 0 aliphatic heterocycles. The van der Waals surface area contributed by atoms with Gasteiger partial charge in [-0.05, 0) is 12.1 Å². The van der Waals surface area contributed by atoms with Crippen molar-refractivity contribution in [2.24, 2.45) is 0 Å². The van der Waals surface area contributed by atoms with Crippen LogP contribution in [0.4, 0.5) is 0 Å². The number of carbonyl (C=O) groups is 2. The molecule has 0 bridgehead atoms. The van der Waals surface area contributed by atoms with Gasteiger partial charge in [-0.3, -0.25) is 4.79 Å². The summed E-state index contributed by atoms with van der Waals surface area (Å²) in [6, 6.07) is 2.59. The molecule has 1 N–H and O–H groups in total. The Kier molecular flexibility index (Phi) is 3.28. The summed E-state index contributed by atoms with van der Waals surface area (Å²) in [6.07, 6.45) is 0.494. The minimum absolute atomic E-state index is 0.0635. The fourth-order valence-corrected chi connectivity index (χ4v) is 1.20. The number of ether oxygens (including phenoxy) is 2. The van der Waals surface area contributed by atoms with Gasteiger partial charge in [-0.25, -0.2) is 4.79 Å². The highest BCUT2D eigenvalue weighted by Gasteiger charge is 2.20. The Labute approximate surface area is 86.2 Å². The van der Waals surface area contributed by atoms with E-state index in [1.54, 1.807) is 0 Å². The third kappa shape index (κ3) is 1.90. The van der Waals surface area contributed by atoms with E-state index < -0.39 is 5.97 Å². The highest BCUT2D eigenvalue weighted by Crippen LogP contribution is 2.32. The molecule has 0 atom stereocenters. The molecule has 1 aromatic rings. The van der Waals surface area contributed by atoms with Crippen molar-refractivity contribution in [1.29, 1.82) is 0 Å². The summed E-state index contributed by atoms with van der Waals surface area (Å²) in [5, 5.41) is 9.41. The van der Waals surface area contributed by atoms with Gasteiger partial charge in [-0.15, -0.1) is 0 Å². The van der Waals surface area contributed by atoms with Gasteiger partial charge >= 0.3 is 5.97 Å². The van der Waals surface area contributed by atoms with Crippen molar-refractivity contribution in [3.05, 3.63) is 23.3 Å². The number of methoxy groups -OCH3 is 2. The zero-order chi connectivity index (χ0) is 11.4. The molecule has 0 aliphatic rings. The van der Waals surface area contributed by atoms with Crippen molar-refractivity contribution in [1.82, 2.24) is 0 Å². The topological polar surface area (TPSA) is 72.8 Å². The van der Waals surface area contributed by atoms with E-state index in [-0.39, 0.29) is 22.6 Å². The maximum Gasteiger partial charge on any atom is 0.342 e. The lowest BCUT2D eigenvalue weighted by molar-refractivity contribution is 0.0594. The number of carbonyl (C=O) groups excluding carboxylic acids is 2. The average molecular weight is 210 g/mol. The number of hydrogen-bond donors (Lipinski definition) is 1. The van der Waals surface area contributed by atoms with Gasteiger partial charge in [0.1, 0.15) is 5.56 Å².